The van der Waals surface area contributed by atoms with Crippen LogP contribution in [0.1, 0.15) is 12.1 Å². The van der Waals surface area contributed by atoms with Gasteiger partial charge >= 0.3 is 0 Å². The summed E-state index contributed by atoms with van der Waals surface area (Å²) in [6.45, 7) is 0.423. The van der Waals surface area contributed by atoms with Crippen LogP contribution in [-0.4, -0.2) is 10.9 Å². The lowest BCUT2D eigenvalue weighted by Crippen LogP contribution is -2.21. The molecule has 0 fully saturated rings. The number of halogens is 1. The van der Waals surface area contributed by atoms with E-state index in [0.29, 0.717) is 6.54 Å². The maximum atomic E-state index is 10.9. The molecule has 1 rings (SSSR count). The lowest BCUT2D eigenvalue weighted by molar-refractivity contribution is -0.120. The van der Waals surface area contributed by atoms with Crippen LogP contribution < -0.4 is 5.32 Å². The van der Waals surface area contributed by atoms with Gasteiger partial charge in [-0.3, -0.25) is 4.79 Å². The summed E-state index contributed by atoms with van der Waals surface area (Å²) in [6.07, 6.45) is 1.69. The van der Waals surface area contributed by atoms with Crippen LogP contribution in [0.3, 0.4) is 0 Å². The molecule has 0 saturated carbocycles. The smallest absolute Gasteiger partial charge is 0.234 e. The molecule has 0 radical (unpaired) electrons. The summed E-state index contributed by atoms with van der Waals surface area (Å²) >= 11 is 3.27. The lowest BCUT2D eigenvalue weighted by atomic mass is 10.4. The first-order chi connectivity index (χ1) is 6.22. The molecule has 0 aliphatic rings. The number of nitriles is 1. The molecule has 0 atom stereocenters. The fourth-order valence-corrected chi connectivity index (χ4v) is 1.23. The number of carbonyl (C=O) groups excluding carboxylic acids is 1. The molecule has 0 spiro atoms. The van der Waals surface area contributed by atoms with E-state index in [1.165, 1.54) is 0 Å². The van der Waals surface area contributed by atoms with Crippen molar-refractivity contribution in [3.8, 4) is 6.07 Å². The van der Waals surface area contributed by atoms with Crippen LogP contribution in [0, 0.1) is 11.3 Å². The number of H-pyrrole nitrogens is 1. The number of aromatic nitrogens is 1. The van der Waals surface area contributed by atoms with Gasteiger partial charge in [-0.25, -0.2) is 0 Å². The Hall–Kier alpha value is -1.28. The Kier molecular flexibility index (Phi) is 3.53. The Morgan fingerprint density at radius 3 is 3.08 bits per heavy atom. The number of carbonyl (C=O) groups is 1. The summed E-state index contributed by atoms with van der Waals surface area (Å²) in [5.74, 6) is -0.256. The van der Waals surface area contributed by atoms with Gasteiger partial charge in [-0.2, -0.15) is 5.26 Å². The highest BCUT2D eigenvalue weighted by atomic mass is 79.9. The predicted molar refractivity (Wildman–Crippen MR) is 50.6 cm³/mol. The van der Waals surface area contributed by atoms with Crippen molar-refractivity contribution in [2.75, 3.05) is 0 Å². The summed E-state index contributed by atoms with van der Waals surface area (Å²) in [6, 6.07) is 3.65. The number of nitrogens with one attached hydrogen (secondary N) is 2. The summed E-state index contributed by atoms with van der Waals surface area (Å²) in [5, 5.41) is 10.8. The van der Waals surface area contributed by atoms with Gasteiger partial charge in [0.15, 0.2) is 0 Å². The van der Waals surface area contributed by atoms with E-state index in [4.69, 9.17) is 5.26 Å². The molecular weight excluding hydrogens is 234 g/mol. The molecule has 5 heteroatoms. The van der Waals surface area contributed by atoms with Crippen LogP contribution in [-0.2, 0) is 11.3 Å². The molecule has 0 aromatic carbocycles. The fourth-order valence-electron chi connectivity index (χ4n) is 0.842. The standard InChI is InChI=1S/C8H8BrN3O/c9-6-3-7(11-4-6)5-12-8(13)1-2-10/h3-4,11H,1,5H2,(H,12,13). The average Bonchev–Trinajstić information content (AvgIpc) is 2.49. The first kappa shape index (κ1) is 9.81. The van der Waals surface area contributed by atoms with Gasteiger partial charge in [0.1, 0.15) is 6.42 Å². The SMILES string of the molecule is N#CCC(=O)NCc1cc(Br)c[nH]1. The van der Waals surface area contributed by atoms with E-state index >= 15 is 0 Å². The molecule has 1 aromatic heterocycles. The molecular formula is C8H8BrN3O. The number of rotatable bonds is 3. The van der Waals surface area contributed by atoms with E-state index in [1.54, 1.807) is 12.3 Å². The molecule has 1 heterocycles. The van der Waals surface area contributed by atoms with E-state index in [2.05, 4.69) is 26.2 Å². The molecule has 0 aliphatic carbocycles. The second kappa shape index (κ2) is 4.67. The second-order valence-corrected chi connectivity index (χ2v) is 3.37. The lowest BCUT2D eigenvalue weighted by Gasteiger charge is -1.98. The van der Waals surface area contributed by atoms with E-state index in [0.717, 1.165) is 10.2 Å². The van der Waals surface area contributed by atoms with Crippen molar-refractivity contribution in [1.29, 1.82) is 5.26 Å². The monoisotopic (exact) mass is 241 g/mol. The first-order valence-corrected chi connectivity index (χ1v) is 4.48. The van der Waals surface area contributed by atoms with Crippen LogP contribution in [0.15, 0.2) is 16.7 Å². The topological polar surface area (TPSA) is 68.7 Å². The van der Waals surface area contributed by atoms with Gasteiger partial charge in [-0.1, -0.05) is 0 Å². The Balaban J connectivity index is 2.36. The maximum absolute atomic E-state index is 10.9. The quantitative estimate of drug-likeness (QED) is 0.838. The van der Waals surface area contributed by atoms with Crippen LogP contribution in [0.4, 0.5) is 0 Å². The third kappa shape index (κ3) is 3.30. The van der Waals surface area contributed by atoms with Gasteiger partial charge < -0.3 is 10.3 Å². The van der Waals surface area contributed by atoms with E-state index in [1.807, 2.05) is 6.07 Å². The second-order valence-electron chi connectivity index (χ2n) is 2.45. The van der Waals surface area contributed by atoms with Crippen LogP contribution in [0.5, 0.6) is 0 Å². The highest BCUT2D eigenvalue weighted by molar-refractivity contribution is 9.10. The third-order valence-corrected chi connectivity index (χ3v) is 1.88. The number of amides is 1. The molecule has 1 amide bonds. The van der Waals surface area contributed by atoms with Crippen molar-refractivity contribution in [3.05, 3.63) is 22.4 Å². The summed E-state index contributed by atoms with van der Waals surface area (Å²) < 4.78 is 0.942. The molecule has 0 unspecified atom stereocenters. The number of hydrogen-bond acceptors (Lipinski definition) is 2. The zero-order valence-electron chi connectivity index (χ0n) is 6.80. The van der Waals surface area contributed by atoms with Crippen molar-refractivity contribution in [3.63, 3.8) is 0 Å². The van der Waals surface area contributed by atoms with Crippen molar-refractivity contribution in [2.24, 2.45) is 0 Å². The van der Waals surface area contributed by atoms with Crippen molar-refractivity contribution < 1.29 is 4.79 Å². The van der Waals surface area contributed by atoms with Gasteiger partial charge in [-0.15, -0.1) is 0 Å². The number of aromatic amines is 1. The fraction of sp³-hybridized carbons (Fsp3) is 0.250. The first-order valence-electron chi connectivity index (χ1n) is 3.69. The van der Waals surface area contributed by atoms with Crippen LogP contribution in [0.2, 0.25) is 0 Å². The van der Waals surface area contributed by atoms with Gasteiger partial charge in [0.25, 0.3) is 0 Å². The minimum Gasteiger partial charge on any atom is -0.362 e. The minimum absolute atomic E-state index is 0.0954. The van der Waals surface area contributed by atoms with Crippen LogP contribution >= 0.6 is 15.9 Å². The van der Waals surface area contributed by atoms with E-state index < -0.39 is 0 Å². The molecule has 1 aromatic rings. The molecule has 2 N–H and O–H groups in total. The van der Waals surface area contributed by atoms with Gasteiger partial charge in [0, 0.05) is 16.4 Å². The Morgan fingerprint density at radius 2 is 2.54 bits per heavy atom. The Bertz CT molecular complexity index is 339. The van der Waals surface area contributed by atoms with Crippen molar-refractivity contribution in [1.82, 2.24) is 10.3 Å². The molecule has 4 nitrogen and oxygen atoms in total. The Labute approximate surface area is 84.1 Å². The van der Waals surface area contributed by atoms with Crippen LogP contribution in [0.25, 0.3) is 0 Å². The molecule has 0 saturated heterocycles. The zero-order chi connectivity index (χ0) is 9.68. The van der Waals surface area contributed by atoms with Gasteiger partial charge in [0.05, 0.1) is 12.6 Å². The normalized spacial score (nSPS) is 9.23. The minimum atomic E-state index is -0.256. The highest BCUT2D eigenvalue weighted by Gasteiger charge is 2.00. The largest absolute Gasteiger partial charge is 0.362 e. The third-order valence-electron chi connectivity index (χ3n) is 1.42. The highest BCUT2D eigenvalue weighted by Crippen LogP contribution is 2.09. The molecule has 0 aliphatic heterocycles. The van der Waals surface area contributed by atoms with Gasteiger partial charge in [-0.05, 0) is 22.0 Å². The number of hydrogen-bond donors (Lipinski definition) is 2. The molecule has 0 bridgehead atoms. The predicted octanol–water partition coefficient (Wildman–Crippen LogP) is 1.31. The summed E-state index contributed by atoms with van der Waals surface area (Å²) in [7, 11) is 0. The van der Waals surface area contributed by atoms with E-state index in [9.17, 15) is 4.79 Å². The number of nitrogens with zero attached hydrogens (tertiary/aromatic N) is 1. The molecule has 68 valence electrons. The van der Waals surface area contributed by atoms with E-state index in [-0.39, 0.29) is 12.3 Å². The average molecular weight is 242 g/mol. The molecule has 13 heavy (non-hydrogen) atoms. The summed E-state index contributed by atoms with van der Waals surface area (Å²) in [5.41, 5.74) is 0.901. The Morgan fingerprint density at radius 1 is 1.77 bits per heavy atom. The van der Waals surface area contributed by atoms with Gasteiger partial charge in [0.2, 0.25) is 5.91 Å². The van der Waals surface area contributed by atoms with Crippen molar-refractivity contribution >= 4 is 21.8 Å². The van der Waals surface area contributed by atoms with Crippen molar-refractivity contribution in [2.45, 2.75) is 13.0 Å². The zero-order valence-corrected chi connectivity index (χ0v) is 8.39. The maximum Gasteiger partial charge on any atom is 0.234 e. The summed E-state index contributed by atoms with van der Waals surface area (Å²) in [4.78, 5) is 13.8.